The van der Waals surface area contributed by atoms with Gasteiger partial charge in [0, 0.05) is 19.2 Å². The predicted octanol–water partition coefficient (Wildman–Crippen LogP) is 5.25. The molecule has 0 radical (unpaired) electrons. The van der Waals surface area contributed by atoms with Gasteiger partial charge in [0.25, 0.3) is 11.6 Å². The summed E-state index contributed by atoms with van der Waals surface area (Å²) in [5, 5.41) is 12.4. The van der Waals surface area contributed by atoms with E-state index in [4.69, 9.17) is 14.5 Å². The van der Waals surface area contributed by atoms with Crippen LogP contribution in [-0.4, -0.2) is 61.1 Å². The van der Waals surface area contributed by atoms with Gasteiger partial charge in [-0.3, -0.25) is 19.8 Å². The zero-order valence-corrected chi connectivity index (χ0v) is 22.4. The maximum atomic E-state index is 13.8. The summed E-state index contributed by atoms with van der Waals surface area (Å²) in [6.45, 7) is 10.7. The Bertz CT molecular complexity index is 1210. The van der Waals surface area contributed by atoms with Gasteiger partial charge in [0.15, 0.2) is 16.6 Å². The second-order valence-corrected chi connectivity index (χ2v) is 8.90. The number of hydrogen-bond acceptors (Lipinski definition) is 8. The van der Waals surface area contributed by atoms with Crippen molar-refractivity contribution in [2.75, 3.05) is 45.3 Å². The van der Waals surface area contributed by atoms with Gasteiger partial charge in [-0.15, -0.1) is 12.4 Å². The number of nitrogens with zero attached hydrogens (tertiary/aromatic N) is 4. The lowest BCUT2D eigenvalue weighted by molar-refractivity contribution is -0.385. The van der Waals surface area contributed by atoms with E-state index in [-0.39, 0.29) is 35.2 Å². The number of hydrogen-bond donors (Lipinski definition) is 0. The molecule has 0 fully saturated rings. The summed E-state index contributed by atoms with van der Waals surface area (Å²) in [5.41, 5.74) is 2.54. The zero-order chi connectivity index (χ0) is 25.0. The highest BCUT2D eigenvalue weighted by molar-refractivity contribution is 7.22. The fraction of sp³-hybridized carbons (Fsp3) is 0.417. The molecule has 0 bridgehead atoms. The number of amides is 1. The van der Waals surface area contributed by atoms with Crippen molar-refractivity contribution in [3.05, 3.63) is 51.1 Å². The van der Waals surface area contributed by atoms with Gasteiger partial charge in [-0.2, -0.15) is 0 Å². The van der Waals surface area contributed by atoms with E-state index in [1.807, 2.05) is 26.0 Å². The lowest BCUT2D eigenvalue weighted by Crippen LogP contribution is -2.39. The average Bonchev–Trinajstić information content (AvgIpc) is 3.24. The molecule has 0 saturated carbocycles. The van der Waals surface area contributed by atoms with Crippen molar-refractivity contribution < 1.29 is 19.2 Å². The molecule has 1 heterocycles. The van der Waals surface area contributed by atoms with Crippen LogP contribution in [0, 0.1) is 24.0 Å². The Morgan fingerprint density at radius 2 is 1.69 bits per heavy atom. The number of nitro benzene ring substituents is 1. The van der Waals surface area contributed by atoms with Crippen LogP contribution < -0.4 is 14.4 Å². The largest absolute Gasteiger partial charge is 0.493 e. The van der Waals surface area contributed by atoms with E-state index in [0.29, 0.717) is 18.2 Å². The quantitative estimate of drug-likeness (QED) is 0.265. The van der Waals surface area contributed by atoms with Crippen molar-refractivity contribution >= 4 is 50.7 Å². The van der Waals surface area contributed by atoms with Gasteiger partial charge in [0.1, 0.15) is 5.56 Å². The van der Waals surface area contributed by atoms with Crippen molar-refractivity contribution in [2.24, 2.45) is 0 Å². The normalized spacial score (nSPS) is 10.8. The van der Waals surface area contributed by atoms with Crippen LogP contribution in [0.4, 0.5) is 10.8 Å². The van der Waals surface area contributed by atoms with Crippen molar-refractivity contribution in [1.29, 1.82) is 0 Å². The maximum Gasteiger partial charge on any atom is 0.286 e. The van der Waals surface area contributed by atoms with E-state index in [2.05, 4.69) is 18.7 Å². The monoisotopic (exact) mass is 522 g/mol. The number of likely N-dealkylation sites (N-methyl/N-ethyl adjacent to an activating group) is 1. The summed E-state index contributed by atoms with van der Waals surface area (Å²) >= 11 is 1.41. The summed E-state index contributed by atoms with van der Waals surface area (Å²) < 4.78 is 11.5. The van der Waals surface area contributed by atoms with Crippen LogP contribution >= 0.6 is 23.7 Å². The third kappa shape index (κ3) is 6.01. The molecule has 0 aliphatic rings. The number of benzene rings is 2. The van der Waals surface area contributed by atoms with E-state index in [0.717, 1.165) is 34.4 Å². The first-order valence-corrected chi connectivity index (χ1v) is 11.9. The molecule has 2 aromatic carbocycles. The minimum Gasteiger partial charge on any atom is -0.493 e. The van der Waals surface area contributed by atoms with Gasteiger partial charge in [-0.1, -0.05) is 31.3 Å². The molecule has 3 aromatic rings. The molecular weight excluding hydrogens is 492 g/mol. The fourth-order valence-corrected chi connectivity index (χ4v) is 5.04. The zero-order valence-electron chi connectivity index (χ0n) is 20.8. The second kappa shape index (κ2) is 12.1. The number of rotatable bonds is 10. The molecule has 0 spiro atoms. The highest BCUT2D eigenvalue weighted by Gasteiger charge is 2.30. The second-order valence-electron chi connectivity index (χ2n) is 7.89. The predicted molar refractivity (Wildman–Crippen MR) is 142 cm³/mol. The van der Waals surface area contributed by atoms with Crippen LogP contribution in [0.1, 0.15) is 35.3 Å². The topological polar surface area (TPSA) is 98.0 Å². The van der Waals surface area contributed by atoms with Gasteiger partial charge in [-0.05, 0) is 44.1 Å². The summed E-state index contributed by atoms with van der Waals surface area (Å²) in [7, 11) is 2.82. The molecule has 0 N–H and O–H groups in total. The van der Waals surface area contributed by atoms with E-state index >= 15 is 0 Å². The number of carbonyl (C=O) groups excluding carboxylic acids is 1. The van der Waals surface area contributed by atoms with Gasteiger partial charge in [0.05, 0.1) is 35.4 Å². The number of aromatic nitrogens is 1. The Balaban J connectivity index is 0.00000432. The van der Waals surface area contributed by atoms with Gasteiger partial charge >= 0.3 is 0 Å². The number of methoxy groups -OCH3 is 2. The summed E-state index contributed by atoms with van der Waals surface area (Å²) in [5.74, 6) is -0.0734. The van der Waals surface area contributed by atoms with E-state index in [1.165, 1.54) is 42.6 Å². The van der Waals surface area contributed by atoms with Crippen LogP contribution in [0.15, 0.2) is 24.3 Å². The SMILES string of the molecule is CCN(CC)CCN(C(=O)c1cc(OC)c(OC)cc1[N+](=O)[O-])c1nc2c(C)cc(C)cc2s1.Cl. The standard InChI is InChI=1S/C24H30N4O5S.ClH/c1-7-26(8-2)9-10-27(24-25-22-16(4)11-15(3)12-21(22)34-24)23(29)17-13-19(32-5)20(33-6)14-18(17)28(30)31;/h11-14H,7-10H2,1-6H3;1H. The molecule has 0 unspecified atom stereocenters. The van der Waals surface area contributed by atoms with Crippen LogP contribution in [0.5, 0.6) is 11.5 Å². The molecule has 9 nitrogen and oxygen atoms in total. The Labute approximate surface area is 215 Å². The van der Waals surface area contributed by atoms with Crippen LogP contribution in [0.3, 0.4) is 0 Å². The lowest BCUT2D eigenvalue weighted by Gasteiger charge is -2.25. The number of anilines is 1. The molecule has 3 rings (SSSR count). The summed E-state index contributed by atoms with van der Waals surface area (Å²) in [4.78, 5) is 33.6. The average molecular weight is 523 g/mol. The summed E-state index contributed by atoms with van der Waals surface area (Å²) in [6.07, 6.45) is 0. The van der Waals surface area contributed by atoms with Gasteiger partial charge < -0.3 is 14.4 Å². The Morgan fingerprint density at radius 3 is 2.26 bits per heavy atom. The Kier molecular flexibility index (Phi) is 9.82. The Hall–Kier alpha value is -2.95. The molecule has 1 amide bonds. The molecule has 11 heteroatoms. The van der Waals surface area contributed by atoms with Crippen molar-refractivity contribution in [3.8, 4) is 11.5 Å². The molecule has 1 aromatic heterocycles. The maximum absolute atomic E-state index is 13.8. The van der Waals surface area contributed by atoms with Gasteiger partial charge in [-0.25, -0.2) is 4.98 Å². The number of halogens is 1. The molecule has 190 valence electrons. The van der Waals surface area contributed by atoms with E-state index in [1.54, 1.807) is 0 Å². The van der Waals surface area contributed by atoms with Crippen LogP contribution in [0.2, 0.25) is 0 Å². The van der Waals surface area contributed by atoms with Gasteiger partial charge in [0.2, 0.25) is 0 Å². The van der Waals surface area contributed by atoms with Crippen molar-refractivity contribution in [2.45, 2.75) is 27.7 Å². The first-order valence-electron chi connectivity index (χ1n) is 11.1. The highest BCUT2D eigenvalue weighted by Crippen LogP contribution is 2.37. The number of carbonyl (C=O) groups is 1. The minimum absolute atomic E-state index is 0. The molecule has 0 aliphatic carbocycles. The molecule has 35 heavy (non-hydrogen) atoms. The van der Waals surface area contributed by atoms with E-state index < -0.39 is 10.8 Å². The third-order valence-corrected chi connectivity index (χ3v) is 6.78. The number of fused-ring (bicyclic) bond motifs is 1. The van der Waals surface area contributed by atoms with Crippen LogP contribution in [0.25, 0.3) is 10.2 Å². The van der Waals surface area contributed by atoms with Crippen molar-refractivity contribution in [1.82, 2.24) is 9.88 Å². The lowest BCUT2D eigenvalue weighted by atomic mass is 10.1. The minimum atomic E-state index is -0.580. The highest BCUT2D eigenvalue weighted by atomic mass is 35.5. The molecule has 0 atom stereocenters. The first-order chi connectivity index (χ1) is 16.2. The fourth-order valence-electron chi connectivity index (χ4n) is 3.88. The molecule has 0 aliphatic heterocycles. The number of thiazole rings is 1. The third-order valence-electron chi connectivity index (χ3n) is 5.76. The van der Waals surface area contributed by atoms with E-state index in [9.17, 15) is 14.9 Å². The molecule has 0 saturated heterocycles. The number of aryl methyl sites for hydroxylation is 2. The van der Waals surface area contributed by atoms with Crippen LogP contribution in [-0.2, 0) is 0 Å². The smallest absolute Gasteiger partial charge is 0.286 e. The molecular formula is C24H31ClN4O5S. The van der Waals surface area contributed by atoms with Crippen molar-refractivity contribution in [3.63, 3.8) is 0 Å². The number of ether oxygens (including phenoxy) is 2. The first kappa shape index (κ1) is 28.3. The summed E-state index contributed by atoms with van der Waals surface area (Å²) in [6, 6.07) is 6.68. The Morgan fingerprint density at radius 1 is 1.06 bits per heavy atom. The number of nitro groups is 1.